The van der Waals surface area contributed by atoms with Crippen LogP contribution in [-0.2, 0) is 10.2 Å². The first kappa shape index (κ1) is 15.2. The van der Waals surface area contributed by atoms with Crippen molar-refractivity contribution < 1.29 is 8.42 Å². The van der Waals surface area contributed by atoms with Gasteiger partial charge >= 0.3 is 0 Å². The fourth-order valence-corrected chi connectivity index (χ4v) is 4.27. The highest BCUT2D eigenvalue weighted by atomic mass is 32.2. The molecule has 2 aliphatic rings. The molecule has 0 aromatic carbocycles. The average Bonchev–Trinajstić information content (AvgIpc) is 2.47. The van der Waals surface area contributed by atoms with E-state index in [9.17, 15) is 8.42 Å². The van der Waals surface area contributed by atoms with Crippen LogP contribution < -0.4 is 5.32 Å². The minimum atomic E-state index is -3.24. The lowest BCUT2D eigenvalue weighted by Gasteiger charge is -2.39. The molecule has 1 N–H and O–H groups in total. The number of hydrogen-bond donors (Lipinski definition) is 1. The minimum absolute atomic E-state index is 0.545. The van der Waals surface area contributed by atoms with E-state index >= 15 is 0 Å². The maximum absolute atomic E-state index is 12.5. The van der Waals surface area contributed by atoms with Crippen LogP contribution >= 0.6 is 0 Å². The van der Waals surface area contributed by atoms with Gasteiger partial charge in [-0.3, -0.25) is 4.90 Å². The lowest BCUT2D eigenvalue weighted by atomic mass is 10.2. The first-order valence-corrected chi connectivity index (χ1v) is 8.65. The normalized spacial score (nSPS) is 26.4. The minimum Gasteiger partial charge on any atom is -0.314 e. The topological polar surface area (TPSA) is 55.9 Å². The van der Waals surface area contributed by atoms with Crippen molar-refractivity contribution in [2.75, 3.05) is 52.4 Å². The molecule has 2 rings (SSSR count). The molecule has 0 aromatic rings. The summed E-state index contributed by atoms with van der Waals surface area (Å²) >= 11 is 0. The highest BCUT2D eigenvalue weighted by molar-refractivity contribution is 7.86. The predicted molar refractivity (Wildman–Crippen MR) is 76.3 cm³/mol. The van der Waals surface area contributed by atoms with Crippen molar-refractivity contribution in [2.24, 2.45) is 0 Å². The molecule has 6 nitrogen and oxygen atoms in total. The van der Waals surface area contributed by atoms with Crippen LogP contribution in [0.4, 0.5) is 0 Å². The predicted octanol–water partition coefficient (Wildman–Crippen LogP) is -0.447. The van der Waals surface area contributed by atoms with Crippen molar-refractivity contribution in [1.29, 1.82) is 0 Å². The van der Waals surface area contributed by atoms with Gasteiger partial charge in [0.1, 0.15) is 0 Å². The Morgan fingerprint density at radius 1 is 1.00 bits per heavy atom. The summed E-state index contributed by atoms with van der Waals surface area (Å²) in [7, 11) is -3.24. The zero-order valence-electron chi connectivity index (χ0n) is 12.0. The molecule has 0 aromatic heterocycles. The Morgan fingerprint density at radius 3 is 2.05 bits per heavy atom. The Balaban J connectivity index is 1.92. The van der Waals surface area contributed by atoms with Crippen LogP contribution in [0.3, 0.4) is 0 Å². The maximum Gasteiger partial charge on any atom is 0.282 e. The third-order valence-electron chi connectivity index (χ3n) is 4.22. The number of piperazine rings is 2. The van der Waals surface area contributed by atoms with Crippen molar-refractivity contribution in [2.45, 2.75) is 26.3 Å². The SMILES string of the molecule is CCC(C)N1CCN(S(=O)(=O)N2CCNCC2)CC1. The van der Waals surface area contributed by atoms with Gasteiger partial charge in [0.15, 0.2) is 0 Å². The molecule has 0 saturated carbocycles. The fourth-order valence-electron chi connectivity index (χ4n) is 2.67. The molecule has 1 atom stereocenters. The Hall–Kier alpha value is -0.210. The van der Waals surface area contributed by atoms with Gasteiger partial charge in [0.25, 0.3) is 10.2 Å². The molecule has 2 saturated heterocycles. The van der Waals surface area contributed by atoms with E-state index < -0.39 is 10.2 Å². The molecule has 0 bridgehead atoms. The number of hydrogen-bond acceptors (Lipinski definition) is 4. The van der Waals surface area contributed by atoms with E-state index in [1.807, 2.05) is 0 Å². The van der Waals surface area contributed by atoms with E-state index in [1.165, 1.54) is 0 Å². The molecular weight excluding hydrogens is 264 g/mol. The molecule has 1 unspecified atom stereocenters. The van der Waals surface area contributed by atoms with Gasteiger partial charge < -0.3 is 5.32 Å². The summed E-state index contributed by atoms with van der Waals surface area (Å²) in [6, 6.07) is 0.545. The zero-order chi connectivity index (χ0) is 13.9. The molecule has 2 fully saturated rings. The smallest absolute Gasteiger partial charge is 0.282 e. The summed E-state index contributed by atoms with van der Waals surface area (Å²) in [4.78, 5) is 2.38. The highest BCUT2D eigenvalue weighted by Gasteiger charge is 2.33. The molecule has 0 aliphatic carbocycles. The van der Waals surface area contributed by atoms with Crippen molar-refractivity contribution in [3.63, 3.8) is 0 Å². The summed E-state index contributed by atoms with van der Waals surface area (Å²) in [5.41, 5.74) is 0. The van der Waals surface area contributed by atoms with Gasteiger partial charge in [0.05, 0.1) is 0 Å². The van der Waals surface area contributed by atoms with E-state index in [0.717, 1.165) is 32.6 Å². The van der Waals surface area contributed by atoms with Gasteiger partial charge in [0.2, 0.25) is 0 Å². The summed E-state index contributed by atoms with van der Waals surface area (Å²) in [6.07, 6.45) is 1.12. The number of rotatable bonds is 4. The van der Waals surface area contributed by atoms with Gasteiger partial charge in [-0.25, -0.2) is 0 Å². The van der Waals surface area contributed by atoms with Crippen LogP contribution in [0.2, 0.25) is 0 Å². The van der Waals surface area contributed by atoms with Crippen LogP contribution in [-0.4, -0.2) is 80.3 Å². The van der Waals surface area contributed by atoms with E-state index in [1.54, 1.807) is 8.61 Å². The number of nitrogens with one attached hydrogen (secondary N) is 1. The molecule has 0 amide bonds. The number of nitrogens with zero attached hydrogens (tertiary/aromatic N) is 3. The Morgan fingerprint density at radius 2 is 1.53 bits per heavy atom. The summed E-state index contributed by atoms with van der Waals surface area (Å²) in [6.45, 7) is 10.0. The Labute approximate surface area is 116 Å². The standard InChI is InChI=1S/C12H26N4O2S/c1-3-12(2)14-8-10-16(11-9-14)19(17,18)15-6-4-13-5-7-15/h12-13H,3-11H2,1-2H3. The summed E-state index contributed by atoms with van der Waals surface area (Å²) in [5, 5.41) is 3.19. The second kappa shape index (κ2) is 6.49. The van der Waals surface area contributed by atoms with E-state index in [2.05, 4.69) is 24.1 Å². The molecule has 112 valence electrons. The molecule has 2 heterocycles. The quantitative estimate of drug-likeness (QED) is 0.762. The van der Waals surface area contributed by atoms with Crippen molar-refractivity contribution in [3.05, 3.63) is 0 Å². The third kappa shape index (κ3) is 3.46. The average molecular weight is 290 g/mol. The lowest BCUT2D eigenvalue weighted by molar-refractivity contribution is 0.138. The van der Waals surface area contributed by atoms with Crippen LogP contribution in [0, 0.1) is 0 Å². The molecular formula is C12H26N4O2S. The van der Waals surface area contributed by atoms with Crippen LogP contribution in [0.1, 0.15) is 20.3 Å². The molecule has 0 spiro atoms. The van der Waals surface area contributed by atoms with Gasteiger partial charge in [-0.1, -0.05) is 6.92 Å². The van der Waals surface area contributed by atoms with Crippen LogP contribution in [0.5, 0.6) is 0 Å². The van der Waals surface area contributed by atoms with Gasteiger partial charge in [-0.05, 0) is 13.3 Å². The van der Waals surface area contributed by atoms with E-state index in [0.29, 0.717) is 32.2 Å². The summed E-state index contributed by atoms with van der Waals surface area (Å²) < 4.78 is 28.2. The molecule has 2 aliphatic heterocycles. The second-order valence-corrected chi connectivity index (χ2v) is 7.28. The van der Waals surface area contributed by atoms with Gasteiger partial charge in [0, 0.05) is 58.4 Å². The zero-order valence-corrected chi connectivity index (χ0v) is 12.8. The van der Waals surface area contributed by atoms with Crippen molar-refractivity contribution >= 4 is 10.2 Å². The highest BCUT2D eigenvalue weighted by Crippen LogP contribution is 2.15. The van der Waals surface area contributed by atoms with Crippen molar-refractivity contribution in [3.8, 4) is 0 Å². The largest absolute Gasteiger partial charge is 0.314 e. The Bertz CT molecular complexity index is 373. The van der Waals surface area contributed by atoms with Gasteiger partial charge in [-0.2, -0.15) is 17.0 Å². The Kier molecular flexibility index (Phi) is 5.19. The van der Waals surface area contributed by atoms with Gasteiger partial charge in [-0.15, -0.1) is 0 Å². The van der Waals surface area contributed by atoms with E-state index in [4.69, 9.17) is 0 Å². The third-order valence-corrected chi connectivity index (χ3v) is 6.25. The first-order valence-electron chi connectivity index (χ1n) is 7.25. The van der Waals surface area contributed by atoms with Crippen molar-refractivity contribution in [1.82, 2.24) is 18.8 Å². The molecule has 7 heteroatoms. The lowest BCUT2D eigenvalue weighted by Crippen LogP contribution is -2.57. The van der Waals surface area contributed by atoms with Crippen LogP contribution in [0.25, 0.3) is 0 Å². The monoisotopic (exact) mass is 290 g/mol. The van der Waals surface area contributed by atoms with E-state index in [-0.39, 0.29) is 0 Å². The second-order valence-electron chi connectivity index (χ2n) is 5.35. The van der Waals surface area contributed by atoms with Crippen LogP contribution in [0.15, 0.2) is 0 Å². The fraction of sp³-hybridized carbons (Fsp3) is 1.00. The first-order chi connectivity index (χ1) is 9.05. The molecule has 19 heavy (non-hydrogen) atoms. The summed E-state index contributed by atoms with van der Waals surface area (Å²) in [5.74, 6) is 0. The molecule has 0 radical (unpaired) electrons. The maximum atomic E-state index is 12.5.